The molecule has 0 aromatic carbocycles. The molecule has 0 amide bonds. The van der Waals surface area contributed by atoms with E-state index in [9.17, 15) is 8.78 Å². The molecule has 0 atom stereocenters. The molecule has 1 saturated carbocycles. The molecule has 1 aliphatic carbocycles. The number of aromatic nitrogens is 4. The van der Waals surface area contributed by atoms with Crippen LogP contribution in [0.5, 0.6) is 0 Å². The van der Waals surface area contributed by atoms with Gasteiger partial charge in [0.25, 0.3) is 0 Å². The Morgan fingerprint density at radius 1 is 1.41 bits per heavy atom. The fraction of sp³-hybridized carbons (Fsp3) is 0.500. The van der Waals surface area contributed by atoms with Crippen LogP contribution >= 0.6 is 11.6 Å². The van der Waals surface area contributed by atoms with E-state index < -0.39 is 19.4 Å². The summed E-state index contributed by atoms with van der Waals surface area (Å²) in [5.74, 6) is 0.813. The minimum Gasteiger partial charge on any atom is -0.321 e. The van der Waals surface area contributed by atoms with Gasteiger partial charge in [-0.25, -0.2) is 18.7 Å². The lowest BCUT2D eigenvalue weighted by Gasteiger charge is -2.08. The highest BCUT2D eigenvalue weighted by Gasteiger charge is 2.28. The Bertz CT molecular complexity index is 667. The van der Waals surface area contributed by atoms with Crippen molar-refractivity contribution in [3.63, 3.8) is 0 Å². The molecule has 8 heteroatoms. The summed E-state index contributed by atoms with van der Waals surface area (Å²) in [6.07, 6.45) is 5.30. The molecule has 3 rings (SSSR count). The molecule has 0 radical (unpaired) electrons. The fourth-order valence-electron chi connectivity index (χ4n) is 2.18. The fourth-order valence-corrected chi connectivity index (χ4v) is 2.42. The van der Waals surface area contributed by atoms with Gasteiger partial charge in [0.05, 0.1) is 28.3 Å². The van der Waals surface area contributed by atoms with Gasteiger partial charge < -0.3 is 5.32 Å². The van der Waals surface area contributed by atoms with Crippen LogP contribution in [0, 0.1) is 6.92 Å². The van der Waals surface area contributed by atoms with Crippen molar-refractivity contribution in [1.82, 2.24) is 19.7 Å². The molecular formula is C14H16ClF2N5. The zero-order chi connectivity index (χ0) is 15.7. The topological polar surface area (TPSA) is 55.6 Å². The van der Waals surface area contributed by atoms with E-state index in [1.54, 1.807) is 19.3 Å². The Morgan fingerprint density at radius 2 is 2.14 bits per heavy atom. The Hall–Kier alpha value is -1.76. The number of anilines is 2. The van der Waals surface area contributed by atoms with Crippen molar-refractivity contribution in [3.05, 3.63) is 28.8 Å². The highest BCUT2D eigenvalue weighted by Crippen LogP contribution is 2.42. The average Bonchev–Trinajstić information content (AvgIpc) is 3.28. The van der Waals surface area contributed by atoms with Gasteiger partial charge in [0.1, 0.15) is 19.4 Å². The van der Waals surface area contributed by atoms with Crippen molar-refractivity contribution in [2.24, 2.45) is 0 Å². The summed E-state index contributed by atoms with van der Waals surface area (Å²) in [6, 6.07) is -0.901. The van der Waals surface area contributed by atoms with Gasteiger partial charge in [-0.15, -0.1) is 0 Å². The lowest BCUT2D eigenvalue weighted by molar-refractivity contribution is 0.272. The molecule has 0 aliphatic heterocycles. The van der Waals surface area contributed by atoms with Crippen molar-refractivity contribution >= 4 is 23.2 Å². The van der Waals surface area contributed by atoms with Crippen molar-refractivity contribution in [2.75, 3.05) is 18.7 Å². The van der Waals surface area contributed by atoms with Crippen molar-refractivity contribution in [2.45, 2.75) is 31.7 Å². The monoisotopic (exact) mass is 327 g/mol. The first-order valence-corrected chi connectivity index (χ1v) is 7.47. The molecule has 0 saturated heterocycles. The molecule has 2 aromatic heterocycles. The Labute approximate surface area is 131 Å². The highest BCUT2D eigenvalue weighted by atomic mass is 35.5. The Morgan fingerprint density at radius 3 is 2.77 bits per heavy atom. The number of hydrogen-bond donors (Lipinski definition) is 1. The number of aryl methyl sites for hydroxylation is 1. The molecule has 1 N–H and O–H groups in total. The number of nitrogens with zero attached hydrogens (tertiary/aromatic N) is 4. The van der Waals surface area contributed by atoms with Crippen LogP contribution in [-0.2, 0) is 0 Å². The van der Waals surface area contributed by atoms with Crippen LogP contribution in [0.4, 0.5) is 20.4 Å². The van der Waals surface area contributed by atoms with Crippen LogP contribution in [0.2, 0.25) is 5.02 Å². The summed E-state index contributed by atoms with van der Waals surface area (Å²) in [6.45, 7) is 0.144. The number of halogens is 3. The third-order valence-electron chi connectivity index (χ3n) is 3.63. The third-order valence-corrected chi connectivity index (χ3v) is 3.92. The maximum atomic E-state index is 12.7. The standard InChI is InChI=1S/C14H16ClF2N5/c1-8-12(7-22(21-8)10(4-16)5-17)19-14-18-6-11(15)13(20-14)9-2-3-9/h6-7,9-10H,2-5H2,1H3,(H,18,19,20). The highest BCUT2D eigenvalue weighted by molar-refractivity contribution is 6.31. The number of rotatable bonds is 6. The zero-order valence-corrected chi connectivity index (χ0v) is 12.8. The molecule has 118 valence electrons. The van der Waals surface area contributed by atoms with Gasteiger partial charge in [-0.2, -0.15) is 5.10 Å². The summed E-state index contributed by atoms with van der Waals surface area (Å²) in [7, 11) is 0. The van der Waals surface area contributed by atoms with Crippen LogP contribution in [0.15, 0.2) is 12.4 Å². The summed E-state index contributed by atoms with van der Waals surface area (Å²) < 4.78 is 26.8. The minimum absolute atomic E-state index is 0.405. The molecule has 5 nitrogen and oxygen atoms in total. The first kappa shape index (κ1) is 15.1. The van der Waals surface area contributed by atoms with Gasteiger partial charge in [0, 0.05) is 12.1 Å². The van der Waals surface area contributed by atoms with Crippen LogP contribution < -0.4 is 5.32 Å². The normalized spacial score (nSPS) is 14.6. The first-order valence-electron chi connectivity index (χ1n) is 7.09. The average molecular weight is 328 g/mol. The molecule has 0 spiro atoms. The van der Waals surface area contributed by atoms with E-state index in [0.29, 0.717) is 28.3 Å². The summed E-state index contributed by atoms with van der Waals surface area (Å²) in [5, 5.41) is 7.73. The maximum Gasteiger partial charge on any atom is 0.227 e. The predicted octanol–water partition coefficient (Wildman–Crippen LogP) is 3.74. The Kier molecular flexibility index (Phi) is 4.24. The van der Waals surface area contributed by atoms with Gasteiger partial charge in [-0.05, 0) is 19.8 Å². The molecule has 2 aromatic rings. The maximum absolute atomic E-state index is 12.7. The lowest BCUT2D eigenvalue weighted by atomic mass is 10.3. The van der Waals surface area contributed by atoms with Gasteiger partial charge in [-0.1, -0.05) is 11.6 Å². The largest absolute Gasteiger partial charge is 0.321 e. The molecule has 2 heterocycles. The van der Waals surface area contributed by atoms with Gasteiger partial charge >= 0.3 is 0 Å². The quantitative estimate of drug-likeness (QED) is 0.878. The summed E-state index contributed by atoms with van der Waals surface area (Å²) >= 11 is 6.10. The van der Waals surface area contributed by atoms with Crippen LogP contribution in [0.1, 0.15) is 36.2 Å². The van der Waals surface area contributed by atoms with Crippen molar-refractivity contribution < 1.29 is 8.78 Å². The lowest BCUT2D eigenvalue weighted by Crippen LogP contribution is -2.13. The molecular weight excluding hydrogens is 312 g/mol. The molecule has 1 aliphatic rings. The van der Waals surface area contributed by atoms with E-state index in [0.717, 1.165) is 18.5 Å². The second-order valence-corrected chi connectivity index (χ2v) is 5.80. The third kappa shape index (κ3) is 3.04. The van der Waals surface area contributed by atoms with Gasteiger partial charge in [0.15, 0.2) is 0 Å². The Balaban J connectivity index is 1.82. The van der Waals surface area contributed by atoms with E-state index in [4.69, 9.17) is 11.6 Å². The smallest absolute Gasteiger partial charge is 0.227 e. The second kappa shape index (κ2) is 6.16. The van der Waals surface area contributed by atoms with Gasteiger partial charge in [0.2, 0.25) is 5.95 Å². The zero-order valence-electron chi connectivity index (χ0n) is 12.1. The molecule has 0 unspecified atom stereocenters. The molecule has 0 bridgehead atoms. The van der Waals surface area contributed by atoms with Crippen LogP contribution in [0.3, 0.4) is 0 Å². The minimum atomic E-state index is -0.901. The van der Waals surface area contributed by atoms with Crippen molar-refractivity contribution in [1.29, 1.82) is 0 Å². The first-order chi connectivity index (χ1) is 10.6. The predicted molar refractivity (Wildman–Crippen MR) is 80.3 cm³/mol. The van der Waals surface area contributed by atoms with E-state index >= 15 is 0 Å². The number of alkyl halides is 2. The molecule has 1 fully saturated rings. The van der Waals surface area contributed by atoms with Gasteiger partial charge in [-0.3, -0.25) is 4.68 Å². The second-order valence-electron chi connectivity index (χ2n) is 5.40. The van der Waals surface area contributed by atoms with Crippen LogP contribution in [-0.4, -0.2) is 33.1 Å². The van der Waals surface area contributed by atoms with Crippen LogP contribution in [0.25, 0.3) is 0 Å². The van der Waals surface area contributed by atoms with E-state index in [1.807, 2.05) is 0 Å². The van der Waals surface area contributed by atoms with E-state index in [2.05, 4.69) is 20.4 Å². The van der Waals surface area contributed by atoms with E-state index in [1.165, 1.54) is 4.68 Å². The SMILES string of the molecule is Cc1nn(C(CF)CF)cc1Nc1ncc(Cl)c(C2CC2)n1. The number of hydrogen-bond acceptors (Lipinski definition) is 4. The number of nitrogens with one attached hydrogen (secondary N) is 1. The van der Waals surface area contributed by atoms with E-state index in [-0.39, 0.29) is 0 Å². The molecule has 22 heavy (non-hydrogen) atoms. The van der Waals surface area contributed by atoms with Crippen molar-refractivity contribution in [3.8, 4) is 0 Å². The summed E-state index contributed by atoms with van der Waals surface area (Å²) in [4.78, 5) is 8.57. The summed E-state index contributed by atoms with van der Waals surface area (Å²) in [5.41, 5.74) is 2.09.